The van der Waals surface area contributed by atoms with E-state index in [0.717, 1.165) is 22.3 Å². The summed E-state index contributed by atoms with van der Waals surface area (Å²) in [5.41, 5.74) is 4.46. The van der Waals surface area contributed by atoms with E-state index in [4.69, 9.17) is 4.74 Å². The lowest BCUT2D eigenvalue weighted by atomic mass is 9.95. The van der Waals surface area contributed by atoms with E-state index in [1.54, 1.807) is 35.8 Å². The van der Waals surface area contributed by atoms with Gasteiger partial charge in [-0.3, -0.25) is 14.5 Å². The Morgan fingerprint density at radius 3 is 2.39 bits per heavy atom. The number of ketones is 1. The van der Waals surface area contributed by atoms with Gasteiger partial charge in [0.2, 0.25) is 0 Å². The number of aromatic nitrogens is 1. The minimum Gasteiger partial charge on any atom is -0.507 e. The molecular weight excluding hydrogens is 472 g/mol. The number of aliphatic hydroxyl groups is 1. The van der Waals surface area contributed by atoms with Gasteiger partial charge in [-0.15, -0.1) is 11.3 Å². The molecule has 1 aliphatic rings. The number of aryl methyl sites for hydroxylation is 2. The highest BCUT2D eigenvalue weighted by molar-refractivity contribution is 7.14. The molecular formula is C29H24N2O4S. The molecule has 3 aromatic carbocycles. The number of rotatable bonds is 6. The average Bonchev–Trinajstić information content (AvgIpc) is 3.51. The first-order valence-electron chi connectivity index (χ1n) is 11.5. The van der Waals surface area contributed by atoms with Gasteiger partial charge >= 0.3 is 5.91 Å². The lowest BCUT2D eigenvalue weighted by Gasteiger charge is -2.23. The second-order valence-corrected chi connectivity index (χ2v) is 9.51. The fourth-order valence-corrected chi connectivity index (χ4v) is 4.89. The van der Waals surface area contributed by atoms with Gasteiger partial charge in [0.1, 0.15) is 18.1 Å². The average molecular weight is 497 g/mol. The number of ether oxygens (including phenoxy) is 1. The summed E-state index contributed by atoms with van der Waals surface area (Å²) in [6.07, 6.45) is 1.58. The van der Waals surface area contributed by atoms with Gasteiger partial charge in [0.05, 0.1) is 11.6 Å². The number of aliphatic hydroxyl groups excluding tert-OH is 1. The molecule has 1 saturated heterocycles. The summed E-state index contributed by atoms with van der Waals surface area (Å²) < 4.78 is 5.91. The normalized spacial score (nSPS) is 16.9. The van der Waals surface area contributed by atoms with Crippen LogP contribution in [0.2, 0.25) is 0 Å². The highest BCUT2D eigenvalue weighted by atomic mass is 32.1. The van der Waals surface area contributed by atoms with E-state index >= 15 is 0 Å². The van der Waals surface area contributed by atoms with Gasteiger partial charge in [-0.05, 0) is 54.8 Å². The van der Waals surface area contributed by atoms with Crippen LogP contribution in [0.1, 0.15) is 33.9 Å². The smallest absolute Gasteiger partial charge is 0.301 e. The van der Waals surface area contributed by atoms with Crippen LogP contribution < -0.4 is 9.64 Å². The van der Waals surface area contributed by atoms with Crippen molar-refractivity contribution in [1.29, 1.82) is 0 Å². The molecule has 1 aliphatic heterocycles. The van der Waals surface area contributed by atoms with E-state index in [9.17, 15) is 14.7 Å². The Balaban J connectivity index is 1.49. The van der Waals surface area contributed by atoms with Gasteiger partial charge in [-0.2, -0.15) is 0 Å². The Kier molecular flexibility index (Phi) is 6.40. The van der Waals surface area contributed by atoms with Crippen molar-refractivity contribution in [3.8, 4) is 5.75 Å². The monoisotopic (exact) mass is 496 g/mol. The summed E-state index contributed by atoms with van der Waals surface area (Å²) in [7, 11) is 0. The van der Waals surface area contributed by atoms with Crippen LogP contribution in [0.3, 0.4) is 0 Å². The minimum absolute atomic E-state index is 0.0348. The van der Waals surface area contributed by atoms with E-state index < -0.39 is 17.7 Å². The molecule has 1 aromatic heterocycles. The van der Waals surface area contributed by atoms with Crippen molar-refractivity contribution >= 4 is 33.9 Å². The molecule has 1 fully saturated rings. The molecule has 0 saturated carbocycles. The van der Waals surface area contributed by atoms with Crippen molar-refractivity contribution in [1.82, 2.24) is 4.98 Å². The summed E-state index contributed by atoms with van der Waals surface area (Å²) in [4.78, 5) is 31.9. The molecule has 6 nitrogen and oxygen atoms in total. The molecule has 1 N–H and O–H groups in total. The first-order valence-corrected chi connectivity index (χ1v) is 12.4. The molecule has 4 aromatic rings. The number of carbonyl (C=O) groups is 2. The lowest BCUT2D eigenvalue weighted by molar-refractivity contribution is -0.132. The van der Waals surface area contributed by atoms with E-state index in [1.165, 1.54) is 16.2 Å². The molecule has 180 valence electrons. The Hall–Kier alpha value is -4.23. The highest BCUT2D eigenvalue weighted by Gasteiger charge is 2.47. The molecule has 1 atom stereocenters. The maximum atomic E-state index is 13.2. The van der Waals surface area contributed by atoms with E-state index in [1.807, 2.05) is 62.4 Å². The number of hydrogen-bond donors (Lipinski definition) is 1. The zero-order valence-corrected chi connectivity index (χ0v) is 20.7. The molecule has 0 radical (unpaired) electrons. The number of nitrogens with zero attached hydrogens (tertiary/aromatic N) is 2. The van der Waals surface area contributed by atoms with Crippen LogP contribution >= 0.6 is 11.3 Å². The van der Waals surface area contributed by atoms with Gasteiger partial charge in [0.15, 0.2) is 5.13 Å². The van der Waals surface area contributed by atoms with Gasteiger partial charge in [-0.1, -0.05) is 54.1 Å². The molecule has 0 aliphatic carbocycles. The van der Waals surface area contributed by atoms with Crippen molar-refractivity contribution in [2.45, 2.75) is 26.5 Å². The van der Waals surface area contributed by atoms with Crippen molar-refractivity contribution in [3.05, 3.63) is 118 Å². The molecule has 36 heavy (non-hydrogen) atoms. The quantitative estimate of drug-likeness (QED) is 0.202. The molecule has 1 amide bonds. The third kappa shape index (κ3) is 4.41. The van der Waals surface area contributed by atoms with E-state index in [2.05, 4.69) is 4.98 Å². The van der Waals surface area contributed by atoms with Gasteiger partial charge in [-0.25, -0.2) is 4.98 Å². The van der Waals surface area contributed by atoms with E-state index in [0.29, 0.717) is 23.1 Å². The largest absolute Gasteiger partial charge is 0.507 e. The fraction of sp³-hybridized carbons (Fsp3) is 0.138. The van der Waals surface area contributed by atoms with Crippen LogP contribution in [0, 0.1) is 13.8 Å². The number of amides is 1. The summed E-state index contributed by atoms with van der Waals surface area (Å²) in [6, 6.07) is 21.6. The SMILES string of the molecule is Cc1ccc(C2/C(=C(\O)c3ccc(OCc4ccccc4C)cc3)C(=O)C(=O)N2c2nccs2)cc1. The second-order valence-electron chi connectivity index (χ2n) is 8.63. The number of hydrogen-bond acceptors (Lipinski definition) is 6. The number of carbonyl (C=O) groups excluding carboxylic acids is 2. The highest BCUT2D eigenvalue weighted by Crippen LogP contribution is 2.42. The Morgan fingerprint density at radius 1 is 1.00 bits per heavy atom. The number of Topliss-reactive ketones (excluding diaryl/α,β-unsaturated/α-hetero) is 1. The molecule has 0 spiro atoms. The predicted molar refractivity (Wildman–Crippen MR) is 140 cm³/mol. The number of thiazole rings is 1. The minimum atomic E-state index is -0.784. The Bertz CT molecular complexity index is 1440. The van der Waals surface area contributed by atoms with E-state index in [-0.39, 0.29) is 11.3 Å². The lowest BCUT2D eigenvalue weighted by Crippen LogP contribution is -2.29. The van der Waals surface area contributed by atoms with Crippen molar-refractivity contribution in [3.63, 3.8) is 0 Å². The van der Waals surface area contributed by atoms with Crippen molar-refractivity contribution in [2.24, 2.45) is 0 Å². The standard InChI is InChI=1S/C29H24N2O4S/c1-18-7-9-20(10-8-18)25-24(27(33)28(34)31(25)29-30-15-16-36-29)26(32)21-11-13-23(14-12-21)35-17-22-6-4-3-5-19(22)2/h3-16,25,32H,17H2,1-2H3/b26-24+. The Morgan fingerprint density at radius 2 is 1.72 bits per heavy atom. The topological polar surface area (TPSA) is 79.7 Å². The molecule has 1 unspecified atom stereocenters. The maximum Gasteiger partial charge on any atom is 0.301 e. The third-order valence-electron chi connectivity index (χ3n) is 6.25. The van der Waals surface area contributed by atoms with Crippen LogP contribution in [0.5, 0.6) is 5.75 Å². The third-order valence-corrected chi connectivity index (χ3v) is 7.02. The van der Waals surface area contributed by atoms with Crippen LogP contribution in [0.25, 0.3) is 5.76 Å². The van der Waals surface area contributed by atoms with Crippen LogP contribution in [-0.2, 0) is 16.2 Å². The predicted octanol–water partition coefficient (Wildman–Crippen LogP) is 5.97. The van der Waals surface area contributed by atoms with Crippen molar-refractivity contribution < 1.29 is 19.4 Å². The van der Waals surface area contributed by atoms with Crippen LogP contribution in [0.4, 0.5) is 5.13 Å². The zero-order chi connectivity index (χ0) is 25.2. The zero-order valence-electron chi connectivity index (χ0n) is 19.8. The maximum absolute atomic E-state index is 13.2. The summed E-state index contributed by atoms with van der Waals surface area (Å²) >= 11 is 1.26. The molecule has 0 bridgehead atoms. The molecule has 5 rings (SSSR count). The van der Waals surface area contributed by atoms with Gasteiger partial charge in [0, 0.05) is 17.1 Å². The Labute approximate surface area is 213 Å². The first kappa shape index (κ1) is 23.5. The summed E-state index contributed by atoms with van der Waals surface area (Å²) in [6.45, 7) is 4.42. The summed E-state index contributed by atoms with van der Waals surface area (Å²) in [5.74, 6) is -1.06. The number of benzene rings is 3. The van der Waals surface area contributed by atoms with Gasteiger partial charge < -0.3 is 9.84 Å². The van der Waals surface area contributed by atoms with Gasteiger partial charge in [0.25, 0.3) is 5.78 Å². The van der Waals surface area contributed by atoms with Crippen molar-refractivity contribution in [2.75, 3.05) is 4.90 Å². The summed E-state index contributed by atoms with van der Waals surface area (Å²) in [5, 5.41) is 13.4. The fourth-order valence-electron chi connectivity index (χ4n) is 4.23. The van der Waals surface area contributed by atoms with Crippen LogP contribution in [0.15, 0.2) is 89.9 Å². The molecule has 2 heterocycles. The number of anilines is 1. The molecule has 7 heteroatoms. The van der Waals surface area contributed by atoms with Crippen LogP contribution in [-0.4, -0.2) is 21.8 Å². The first-order chi connectivity index (χ1) is 17.4. The second kappa shape index (κ2) is 9.79.